The summed E-state index contributed by atoms with van der Waals surface area (Å²) in [6, 6.07) is 1.92. The van der Waals surface area contributed by atoms with E-state index in [1.807, 2.05) is 0 Å². The molecule has 2 aromatic rings. The molecule has 20 heavy (non-hydrogen) atoms. The number of rotatable bonds is 1. The van der Waals surface area contributed by atoms with E-state index in [0.29, 0.717) is 12.1 Å². The van der Waals surface area contributed by atoms with Gasteiger partial charge in [0.2, 0.25) is 0 Å². The van der Waals surface area contributed by atoms with Crippen LogP contribution in [0.2, 0.25) is 0 Å². The van der Waals surface area contributed by atoms with Crippen LogP contribution in [0, 0.1) is 6.92 Å². The summed E-state index contributed by atoms with van der Waals surface area (Å²) < 4.78 is 80.9. The van der Waals surface area contributed by atoms with E-state index < -0.39 is 23.5 Å². The summed E-state index contributed by atoms with van der Waals surface area (Å²) in [6.45, 7) is 1.39. The van der Waals surface area contributed by atoms with Crippen molar-refractivity contribution in [2.75, 3.05) is 0 Å². The van der Waals surface area contributed by atoms with Gasteiger partial charge in [0.15, 0.2) is 11.5 Å². The first-order valence-electron chi connectivity index (χ1n) is 5.20. The lowest BCUT2D eigenvalue weighted by atomic mass is 9.92. The van der Waals surface area contributed by atoms with Gasteiger partial charge in [-0.15, -0.1) is 0 Å². The molecule has 0 amide bonds. The molecule has 0 saturated heterocycles. The minimum Gasteiger partial charge on any atom is -0.441 e. The Morgan fingerprint density at radius 2 is 1.60 bits per heavy atom. The number of fused-ring (bicyclic) bond motifs is 1. The number of oxazole rings is 1. The van der Waals surface area contributed by atoms with Crippen LogP contribution in [0.25, 0.3) is 11.1 Å². The third-order valence-corrected chi connectivity index (χ3v) is 2.73. The number of hydrogen-bond donors (Lipinski definition) is 1. The van der Waals surface area contributed by atoms with Crippen LogP contribution in [0.3, 0.4) is 0 Å². The molecule has 0 aliphatic carbocycles. The fraction of sp³-hybridized carbons (Fsp3) is 0.364. The number of alkyl halides is 6. The van der Waals surface area contributed by atoms with Crippen molar-refractivity contribution in [1.82, 2.24) is 4.98 Å². The van der Waals surface area contributed by atoms with E-state index in [2.05, 4.69) is 4.98 Å². The second-order valence-corrected chi connectivity index (χ2v) is 4.12. The average Bonchev–Trinajstić information content (AvgIpc) is 2.63. The van der Waals surface area contributed by atoms with Crippen molar-refractivity contribution in [3.8, 4) is 0 Å². The van der Waals surface area contributed by atoms with Crippen molar-refractivity contribution in [2.45, 2.75) is 24.9 Å². The van der Waals surface area contributed by atoms with Crippen LogP contribution in [0.1, 0.15) is 11.5 Å². The summed E-state index contributed by atoms with van der Waals surface area (Å²) in [5, 5.41) is 9.21. The summed E-state index contributed by atoms with van der Waals surface area (Å²) in [5.41, 5.74) is -6.51. The molecule has 0 radical (unpaired) electrons. The molecule has 0 spiro atoms. The van der Waals surface area contributed by atoms with E-state index in [4.69, 9.17) is 4.42 Å². The third-order valence-electron chi connectivity index (χ3n) is 2.73. The number of aliphatic hydroxyl groups is 1. The zero-order valence-electron chi connectivity index (χ0n) is 9.80. The van der Waals surface area contributed by atoms with E-state index in [1.165, 1.54) is 6.92 Å². The smallest absolute Gasteiger partial charge is 0.430 e. The fourth-order valence-corrected chi connectivity index (χ4v) is 1.75. The van der Waals surface area contributed by atoms with E-state index in [1.54, 1.807) is 0 Å². The quantitative estimate of drug-likeness (QED) is 0.820. The normalized spacial score (nSPS) is 14.0. The maximum absolute atomic E-state index is 12.7. The first-order valence-corrected chi connectivity index (χ1v) is 5.20. The van der Waals surface area contributed by atoms with Crippen LogP contribution >= 0.6 is 0 Å². The van der Waals surface area contributed by atoms with Crippen LogP contribution in [0.4, 0.5) is 26.3 Å². The summed E-state index contributed by atoms with van der Waals surface area (Å²) in [6.07, 6.45) is -11.8. The molecular weight excluding hydrogens is 292 g/mol. The molecule has 9 heteroatoms. The van der Waals surface area contributed by atoms with Crippen LogP contribution in [0.5, 0.6) is 0 Å². The van der Waals surface area contributed by atoms with Gasteiger partial charge in [-0.05, 0) is 12.1 Å². The molecule has 1 N–H and O–H groups in total. The Labute approximate surface area is 107 Å². The molecule has 2 rings (SSSR count). The Hall–Kier alpha value is -1.77. The highest BCUT2D eigenvalue weighted by molar-refractivity contribution is 5.73. The molecule has 0 atom stereocenters. The van der Waals surface area contributed by atoms with Gasteiger partial charge in [-0.2, -0.15) is 26.3 Å². The van der Waals surface area contributed by atoms with Gasteiger partial charge >= 0.3 is 12.4 Å². The number of aryl methyl sites for hydroxylation is 1. The molecule has 1 heterocycles. The predicted molar refractivity (Wildman–Crippen MR) is 54.8 cm³/mol. The first kappa shape index (κ1) is 14.6. The molecule has 0 saturated carbocycles. The highest BCUT2D eigenvalue weighted by Crippen LogP contribution is 2.50. The van der Waals surface area contributed by atoms with E-state index in [0.717, 1.165) is 6.07 Å². The van der Waals surface area contributed by atoms with Crippen LogP contribution < -0.4 is 0 Å². The predicted octanol–water partition coefficient (Wildman–Crippen LogP) is 3.45. The monoisotopic (exact) mass is 299 g/mol. The first-order chi connectivity index (χ1) is 8.97. The molecule has 3 nitrogen and oxygen atoms in total. The lowest BCUT2D eigenvalue weighted by Crippen LogP contribution is -2.53. The van der Waals surface area contributed by atoms with Crippen molar-refractivity contribution < 1.29 is 35.9 Å². The van der Waals surface area contributed by atoms with Gasteiger partial charge in [0, 0.05) is 12.5 Å². The molecule has 110 valence electrons. The maximum Gasteiger partial charge on any atom is 0.430 e. The zero-order valence-corrected chi connectivity index (χ0v) is 9.80. The standard InChI is InChI=1S/C11H7F6NO2/c1-5-18-7-3-2-6(4-8(7)20-5)9(19,10(12,13)14)11(15,16)17/h2-4,19H,1H3. The lowest BCUT2D eigenvalue weighted by molar-refractivity contribution is -0.376. The van der Waals surface area contributed by atoms with Gasteiger partial charge in [-0.1, -0.05) is 6.07 Å². The number of benzene rings is 1. The Morgan fingerprint density at radius 3 is 2.10 bits per heavy atom. The van der Waals surface area contributed by atoms with Crippen molar-refractivity contribution in [2.24, 2.45) is 0 Å². The van der Waals surface area contributed by atoms with Crippen molar-refractivity contribution >= 4 is 11.1 Å². The zero-order chi connectivity index (χ0) is 15.3. The van der Waals surface area contributed by atoms with Crippen LogP contribution in [0.15, 0.2) is 22.6 Å². The number of halogens is 6. The van der Waals surface area contributed by atoms with E-state index >= 15 is 0 Å². The minimum absolute atomic E-state index is 0.0831. The summed E-state index contributed by atoms with van der Waals surface area (Å²) >= 11 is 0. The molecule has 1 aromatic carbocycles. The Morgan fingerprint density at radius 1 is 1.05 bits per heavy atom. The third kappa shape index (κ3) is 2.01. The SMILES string of the molecule is Cc1nc2ccc(C(O)(C(F)(F)F)C(F)(F)F)cc2o1. The molecule has 0 fully saturated rings. The molecule has 1 aromatic heterocycles. The second kappa shape index (κ2) is 4.11. The van der Waals surface area contributed by atoms with Gasteiger partial charge in [-0.3, -0.25) is 0 Å². The summed E-state index contributed by atoms with van der Waals surface area (Å²) in [4.78, 5) is 3.75. The van der Waals surface area contributed by atoms with Crippen molar-refractivity contribution in [3.05, 3.63) is 29.7 Å². The van der Waals surface area contributed by atoms with Crippen molar-refractivity contribution in [3.63, 3.8) is 0 Å². The van der Waals surface area contributed by atoms with Gasteiger partial charge in [0.25, 0.3) is 5.60 Å². The van der Waals surface area contributed by atoms with Crippen LogP contribution in [-0.2, 0) is 5.60 Å². The summed E-state index contributed by atoms with van der Waals surface area (Å²) in [7, 11) is 0. The van der Waals surface area contributed by atoms with E-state index in [-0.39, 0.29) is 17.0 Å². The topological polar surface area (TPSA) is 46.3 Å². The lowest BCUT2D eigenvalue weighted by Gasteiger charge is -2.32. The fourth-order valence-electron chi connectivity index (χ4n) is 1.75. The van der Waals surface area contributed by atoms with Crippen molar-refractivity contribution in [1.29, 1.82) is 0 Å². The largest absolute Gasteiger partial charge is 0.441 e. The molecule has 0 bridgehead atoms. The molecule has 0 unspecified atom stereocenters. The number of nitrogens with zero attached hydrogens (tertiary/aromatic N) is 1. The average molecular weight is 299 g/mol. The number of hydrogen-bond acceptors (Lipinski definition) is 3. The second-order valence-electron chi connectivity index (χ2n) is 4.12. The minimum atomic E-state index is -5.92. The molecule has 0 aliphatic heterocycles. The highest BCUT2D eigenvalue weighted by Gasteiger charge is 2.71. The maximum atomic E-state index is 12.7. The number of aromatic nitrogens is 1. The Bertz CT molecular complexity index is 628. The Balaban J connectivity index is 2.69. The van der Waals surface area contributed by atoms with Crippen LogP contribution in [-0.4, -0.2) is 22.4 Å². The van der Waals surface area contributed by atoms with E-state index in [9.17, 15) is 31.4 Å². The van der Waals surface area contributed by atoms with Gasteiger partial charge in [-0.25, -0.2) is 4.98 Å². The Kier molecular flexibility index (Phi) is 3.01. The van der Waals surface area contributed by atoms with Gasteiger partial charge < -0.3 is 9.52 Å². The molecule has 0 aliphatic rings. The summed E-state index contributed by atoms with van der Waals surface area (Å²) in [5.74, 6) is 0.0831. The van der Waals surface area contributed by atoms with Gasteiger partial charge in [0.1, 0.15) is 5.52 Å². The highest BCUT2D eigenvalue weighted by atomic mass is 19.4. The molecular formula is C11H7F6NO2. The van der Waals surface area contributed by atoms with Gasteiger partial charge in [0.05, 0.1) is 0 Å².